The van der Waals surface area contributed by atoms with Gasteiger partial charge in [-0.3, -0.25) is 4.99 Å². The highest BCUT2D eigenvalue weighted by Crippen LogP contribution is 2.34. The van der Waals surface area contributed by atoms with Crippen molar-refractivity contribution in [3.63, 3.8) is 0 Å². The summed E-state index contributed by atoms with van der Waals surface area (Å²) in [5.74, 6) is 1.82. The van der Waals surface area contributed by atoms with Crippen molar-refractivity contribution in [3.05, 3.63) is 0 Å². The van der Waals surface area contributed by atoms with Crippen LogP contribution < -0.4 is 10.6 Å². The molecule has 1 fully saturated rings. The van der Waals surface area contributed by atoms with Gasteiger partial charge < -0.3 is 15.5 Å². The van der Waals surface area contributed by atoms with E-state index in [9.17, 15) is 0 Å². The fourth-order valence-electron chi connectivity index (χ4n) is 2.26. The number of nitrogens with zero attached hydrogens (tertiary/aromatic N) is 2. The van der Waals surface area contributed by atoms with Gasteiger partial charge in [0.1, 0.15) is 0 Å². The Hall–Kier alpha value is -0.770. The van der Waals surface area contributed by atoms with Gasteiger partial charge in [0.2, 0.25) is 0 Å². The number of likely N-dealkylation sites (N-methyl/N-ethyl adjacent to an activating group) is 1. The van der Waals surface area contributed by atoms with Crippen molar-refractivity contribution in [2.24, 2.45) is 10.9 Å². The molecule has 1 aliphatic carbocycles. The third-order valence-corrected chi connectivity index (χ3v) is 3.60. The Balaban J connectivity index is 2.21. The molecule has 18 heavy (non-hydrogen) atoms. The van der Waals surface area contributed by atoms with E-state index < -0.39 is 0 Å². The summed E-state index contributed by atoms with van der Waals surface area (Å²) in [4.78, 5) is 6.60. The van der Waals surface area contributed by atoms with Crippen LogP contribution in [0.3, 0.4) is 0 Å². The Morgan fingerprint density at radius 1 is 1.28 bits per heavy atom. The quantitative estimate of drug-likeness (QED) is 0.393. The summed E-state index contributed by atoms with van der Waals surface area (Å²) in [6, 6.07) is 0.638. The average molecular weight is 254 g/mol. The topological polar surface area (TPSA) is 39.7 Å². The molecule has 0 heterocycles. The van der Waals surface area contributed by atoms with Gasteiger partial charge in [-0.05, 0) is 39.3 Å². The predicted molar refractivity (Wildman–Crippen MR) is 79.1 cm³/mol. The molecule has 0 aromatic carbocycles. The molecule has 0 saturated heterocycles. The van der Waals surface area contributed by atoms with Crippen molar-refractivity contribution < 1.29 is 0 Å². The highest BCUT2D eigenvalue weighted by atomic mass is 15.2. The van der Waals surface area contributed by atoms with Gasteiger partial charge in [-0.25, -0.2) is 0 Å². The predicted octanol–water partition coefficient (Wildman–Crippen LogP) is 1.68. The number of hydrogen-bond acceptors (Lipinski definition) is 2. The monoisotopic (exact) mass is 254 g/mol. The van der Waals surface area contributed by atoms with Crippen LogP contribution in [0.2, 0.25) is 0 Å². The summed E-state index contributed by atoms with van der Waals surface area (Å²) >= 11 is 0. The van der Waals surface area contributed by atoms with E-state index in [-0.39, 0.29) is 0 Å². The van der Waals surface area contributed by atoms with Crippen LogP contribution in [0.1, 0.15) is 39.0 Å². The molecule has 0 aliphatic heterocycles. The molecule has 1 rings (SSSR count). The van der Waals surface area contributed by atoms with Gasteiger partial charge >= 0.3 is 0 Å². The zero-order valence-electron chi connectivity index (χ0n) is 12.5. The summed E-state index contributed by atoms with van der Waals surface area (Å²) in [7, 11) is 6.18. The second kappa shape index (κ2) is 8.35. The molecule has 0 aromatic heterocycles. The van der Waals surface area contributed by atoms with Crippen molar-refractivity contribution in [2.45, 2.75) is 45.1 Å². The fraction of sp³-hybridized carbons (Fsp3) is 0.929. The van der Waals surface area contributed by atoms with Crippen molar-refractivity contribution in [2.75, 3.05) is 34.2 Å². The molecular formula is C14H30N4. The van der Waals surface area contributed by atoms with Gasteiger partial charge in [0.15, 0.2) is 5.96 Å². The maximum atomic E-state index is 4.27. The molecule has 1 atom stereocenters. The standard InChI is InChI=1S/C14H30N4/c1-5-6-7-10-16-14(15-2)17-11-13(18(3)4)12-8-9-12/h12-13H,5-11H2,1-4H3,(H2,15,16,17). The number of rotatable bonds is 8. The number of aliphatic imine (C=N–C) groups is 1. The van der Waals surface area contributed by atoms with Gasteiger partial charge in [0.05, 0.1) is 0 Å². The normalized spacial score (nSPS) is 17.9. The van der Waals surface area contributed by atoms with Crippen LogP contribution in [-0.2, 0) is 0 Å². The van der Waals surface area contributed by atoms with E-state index in [4.69, 9.17) is 0 Å². The summed E-state index contributed by atoms with van der Waals surface area (Å²) < 4.78 is 0. The van der Waals surface area contributed by atoms with Gasteiger partial charge in [-0.2, -0.15) is 0 Å². The minimum Gasteiger partial charge on any atom is -0.356 e. The SMILES string of the molecule is CCCCCNC(=NC)NCC(C1CC1)N(C)C. The number of nitrogens with one attached hydrogen (secondary N) is 2. The van der Waals surface area contributed by atoms with E-state index >= 15 is 0 Å². The van der Waals surface area contributed by atoms with Crippen molar-refractivity contribution in [1.82, 2.24) is 15.5 Å². The first-order chi connectivity index (χ1) is 8.69. The second-order valence-electron chi connectivity index (χ2n) is 5.46. The van der Waals surface area contributed by atoms with Crippen LogP contribution in [-0.4, -0.2) is 51.1 Å². The minimum absolute atomic E-state index is 0.638. The third kappa shape index (κ3) is 5.71. The van der Waals surface area contributed by atoms with Gasteiger partial charge in [0.25, 0.3) is 0 Å². The van der Waals surface area contributed by atoms with E-state index in [0.717, 1.165) is 25.0 Å². The van der Waals surface area contributed by atoms with Crippen LogP contribution in [0.15, 0.2) is 4.99 Å². The maximum absolute atomic E-state index is 4.27. The second-order valence-corrected chi connectivity index (χ2v) is 5.46. The Kier molecular flexibility index (Phi) is 7.09. The van der Waals surface area contributed by atoms with Crippen LogP contribution in [0.4, 0.5) is 0 Å². The molecule has 4 heteroatoms. The molecule has 1 aliphatic rings. The van der Waals surface area contributed by atoms with Crippen molar-refractivity contribution in [3.8, 4) is 0 Å². The first-order valence-corrected chi connectivity index (χ1v) is 7.30. The Labute approximate surface area is 112 Å². The lowest BCUT2D eigenvalue weighted by Gasteiger charge is -2.25. The summed E-state index contributed by atoms with van der Waals surface area (Å²) in [5.41, 5.74) is 0. The summed E-state index contributed by atoms with van der Waals surface area (Å²) in [5, 5.41) is 6.82. The Morgan fingerprint density at radius 3 is 2.50 bits per heavy atom. The van der Waals surface area contributed by atoms with E-state index in [0.29, 0.717) is 6.04 Å². The molecule has 4 nitrogen and oxygen atoms in total. The Morgan fingerprint density at radius 2 is 2.00 bits per heavy atom. The third-order valence-electron chi connectivity index (χ3n) is 3.60. The maximum Gasteiger partial charge on any atom is 0.191 e. The number of guanidine groups is 1. The van der Waals surface area contributed by atoms with Crippen LogP contribution in [0, 0.1) is 5.92 Å². The molecule has 0 amide bonds. The van der Waals surface area contributed by atoms with Crippen LogP contribution in [0.5, 0.6) is 0 Å². The highest BCUT2D eigenvalue weighted by molar-refractivity contribution is 5.79. The lowest BCUT2D eigenvalue weighted by Crippen LogP contribution is -2.46. The van der Waals surface area contributed by atoms with E-state index in [1.807, 2.05) is 7.05 Å². The molecule has 1 saturated carbocycles. The van der Waals surface area contributed by atoms with Crippen LogP contribution in [0.25, 0.3) is 0 Å². The van der Waals surface area contributed by atoms with Crippen LogP contribution >= 0.6 is 0 Å². The molecule has 0 radical (unpaired) electrons. The van der Waals surface area contributed by atoms with Gasteiger partial charge in [0, 0.05) is 26.2 Å². The van der Waals surface area contributed by atoms with Gasteiger partial charge in [-0.1, -0.05) is 19.8 Å². The van der Waals surface area contributed by atoms with E-state index in [2.05, 4.69) is 41.5 Å². The fourth-order valence-corrected chi connectivity index (χ4v) is 2.26. The first kappa shape index (κ1) is 15.3. The smallest absolute Gasteiger partial charge is 0.191 e. The van der Waals surface area contributed by atoms with Crippen molar-refractivity contribution >= 4 is 5.96 Å². The largest absolute Gasteiger partial charge is 0.356 e. The molecule has 0 spiro atoms. The number of unbranched alkanes of at least 4 members (excludes halogenated alkanes) is 2. The summed E-state index contributed by atoms with van der Waals surface area (Å²) in [6.07, 6.45) is 6.53. The molecular weight excluding hydrogens is 224 g/mol. The molecule has 0 bridgehead atoms. The van der Waals surface area contributed by atoms with E-state index in [1.54, 1.807) is 0 Å². The van der Waals surface area contributed by atoms with Gasteiger partial charge in [-0.15, -0.1) is 0 Å². The lowest BCUT2D eigenvalue weighted by molar-refractivity contribution is 0.264. The lowest BCUT2D eigenvalue weighted by atomic mass is 10.1. The van der Waals surface area contributed by atoms with Crippen molar-refractivity contribution in [1.29, 1.82) is 0 Å². The average Bonchev–Trinajstić information content (AvgIpc) is 3.16. The molecule has 1 unspecified atom stereocenters. The highest BCUT2D eigenvalue weighted by Gasteiger charge is 2.32. The van der Waals surface area contributed by atoms with E-state index in [1.165, 1.54) is 32.1 Å². The number of hydrogen-bond donors (Lipinski definition) is 2. The minimum atomic E-state index is 0.638. The molecule has 2 N–H and O–H groups in total. The first-order valence-electron chi connectivity index (χ1n) is 7.30. The summed E-state index contributed by atoms with van der Waals surface area (Å²) in [6.45, 7) is 4.24. The zero-order chi connectivity index (χ0) is 13.4. The molecule has 0 aromatic rings. The Bertz CT molecular complexity index is 244. The molecule has 106 valence electrons. The zero-order valence-corrected chi connectivity index (χ0v) is 12.5.